The van der Waals surface area contributed by atoms with Crippen molar-refractivity contribution in [1.29, 1.82) is 0 Å². The normalized spacial score (nSPS) is 15.8. The number of fused-ring (bicyclic) bond motifs is 1. The average molecular weight is 504 g/mol. The van der Waals surface area contributed by atoms with Gasteiger partial charge in [-0.05, 0) is 63.5 Å². The standard InChI is InChI=1S/C28H19BBrN3O/c1-34-29-32-22-14-16-24(32)28(30)25-17-15-23(33(25)29)27(19-10-6-3-7-11-19)21-13-12-20(31-21)26(22)18-8-4-2-5-9-18/h2-17H,1H3. The Morgan fingerprint density at radius 3 is 2.06 bits per heavy atom. The lowest BCUT2D eigenvalue weighted by Gasteiger charge is -2.27. The second-order valence-electron chi connectivity index (χ2n) is 8.52. The molecule has 0 saturated heterocycles. The predicted octanol–water partition coefficient (Wildman–Crippen LogP) is 4.16. The zero-order chi connectivity index (χ0) is 22.8. The van der Waals surface area contributed by atoms with E-state index in [1.807, 2.05) is 12.1 Å². The molecule has 3 aliphatic heterocycles. The second-order valence-corrected chi connectivity index (χ2v) is 9.31. The Kier molecular flexibility index (Phi) is 4.35. The first-order chi connectivity index (χ1) is 16.8. The molecule has 2 aromatic heterocycles. The van der Waals surface area contributed by atoms with E-state index in [4.69, 9.17) is 9.65 Å². The second kappa shape index (κ2) is 7.45. The fraction of sp³-hybridized carbons (Fsp3) is 0.0357. The first-order valence-corrected chi connectivity index (χ1v) is 12.0. The highest BCUT2D eigenvalue weighted by Crippen LogP contribution is 2.36. The minimum atomic E-state index is -0.336. The number of hydrogen-bond donors (Lipinski definition) is 0. The highest BCUT2D eigenvalue weighted by Gasteiger charge is 2.36. The van der Waals surface area contributed by atoms with Crippen LogP contribution in [0.3, 0.4) is 0 Å². The summed E-state index contributed by atoms with van der Waals surface area (Å²) in [7, 11) is 1.44. The van der Waals surface area contributed by atoms with Gasteiger partial charge in [-0.3, -0.25) is 0 Å². The van der Waals surface area contributed by atoms with Crippen LogP contribution in [0.1, 0.15) is 22.5 Å². The molecule has 7 rings (SSSR count). The number of aromatic nitrogens is 2. The van der Waals surface area contributed by atoms with Crippen molar-refractivity contribution in [2.24, 2.45) is 4.99 Å². The quantitative estimate of drug-likeness (QED) is 0.386. The summed E-state index contributed by atoms with van der Waals surface area (Å²) in [6.07, 6.45) is 4.27. The fourth-order valence-electron chi connectivity index (χ4n) is 5.30. The van der Waals surface area contributed by atoms with Crippen LogP contribution in [0.5, 0.6) is 0 Å². The molecule has 4 nitrogen and oxygen atoms in total. The van der Waals surface area contributed by atoms with Crippen LogP contribution < -0.4 is 10.7 Å². The van der Waals surface area contributed by atoms with Gasteiger partial charge in [-0.15, -0.1) is 0 Å². The summed E-state index contributed by atoms with van der Waals surface area (Å²) >= 11 is 3.91. The van der Waals surface area contributed by atoms with Crippen LogP contribution in [-0.2, 0) is 4.65 Å². The topological polar surface area (TPSA) is 31.4 Å². The Labute approximate surface area is 205 Å². The first kappa shape index (κ1) is 19.8. The van der Waals surface area contributed by atoms with Gasteiger partial charge in [0.05, 0.1) is 15.9 Å². The number of allylic oxidation sites excluding steroid dienone is 2. The molecular weight excluding hydrogens is 485 g/mol. The average Bonchev–Trinajstić information content (AvgIpc) is 3.62. The molecule has 0 spiro atoms. The number of rotatable bonds is 3. The van der Waals surface area contributed by atoms with E-state index in [-0.39, 0.29) is 7.19 Å². The molecule has 0 saturated carbocycles. The SMILES string of the molecule is COB1n2c3ccc2C(Br)=c2ccc(n21)=C(c1ccccc1)C1=NC(=C3c2ccccc2)C=C1. The number of aliphatic imine (C=N–C) groups is 1. The Morgan fingerprint density at radius 1 is 0.706 bits per heavy atom. The molecule has 6 heteroatoms. The van der Waals surface area contributed by atoms with Gasteiger partial charge >= 0.3 is 7.19 Å². The third-order valence-electron chi connectivity index (χ3n) is 6.73. The van der Waals surface area contributed by atoms with Gasteiger partial charge in [0.15, 0.2) is 0 Å². The minimum Gasteiger partial charge on any atom is -0.400 e. The molecule has 5 heterocycles. The van der Waals surface area contributed by atoms with Crippen molar-refractivity contribution in [1.82, 2.24) is 8.96 Å². The molecule has 0 atom stereocenters. The lowest BCUT2D eigenvalue weighted by Crippen LogP contribution is -2.52. The maximum absolute atomic E-state index is 6.22. The Balaban J connectivity index is 1.71. The zero-order valence-corrected chi connectivity index (χ0v) is 20.0. The highest BCUT2D eigenvalue weighted by atomic mass is 79.9. The van der Waals surface area contributed by atoms with Crippen molar-refractivity contribution in [3.05, 3.63) is 136 Å². The lowest BCUT2D eigenvalue weighted by atomic mass is 9.91. The maximum atomic E-state index is 6.22. The van der Waals surface area contributed by atoms with Crippen molar-refractivity contribution in [2.45, 2.75) is 0 Å². The van der Waals surface area contributed by atoms with Gasteiger partial charge < -0.3 is 13.6 Å². The van der Waals surface area contributed by atoms with Gasteiger partial charge in [0, 0.05) is 40.3 Å². The highest BCUT2D eigenvalue weighted by molar-refractivity contribution is 9.15. The zero-order valence-electron chi connectivity index (χ0n) is 18.4. The molecule has 162 valence electrons. The molecular formula is C28H19BBrN3O. The minimum absolute atomic E-state index is 0.336. The van der Waals surface area contributed by atoms with Crippen molar-refractivity contribution in [2.75, 3.05) is 7.11 Å². The molecule has 34 heavy (non-hydrogen) atoms. The van der Waals surface area contributed by atoms with Crippen LogP contribution in [0.25, 0.3) is 15.6 Å². The fourth-order valence-corrected chi connectivity index (χ4v) is 5.95. The molecule has 4 aromatic rings. The van der Waals surface area contributed by atoms with Crippen LogP contribution in [-0.4, -0.2) is 29.0 Å². The Morgan fingerprint density at radius 2 is 1.35 bits per heavy atom. The van der Waals surface area contributed by atoms with Crippen molar-refractivity contribution in [3.8, 4) is 0 Å². The van der Waals surface area contributed by atoms with E-state index in [0.29, 0.717) is 0 Å². The summed E-state index contributed by atoms with van der Waals surface area (Å²) in [5.74, 6) is 0. The van der Waals surface area contributed by atoms with E-state index < -0.39 is 0 Å². The Bertz CT molecular complexity index is 1690. The molecule has 2 aromatic carbocycles. The van der Waals surface area contributed by atoms with E-state index in [2.05, 4.69) is 110 Å². The molecule has 0 fully saturated rings. The molecule has 0 unspecified atom stereocenters. The van der Waals surface area contributed by atoms with Gasteiger partial charge in [0.2, 0.25) is 0 Å². The van der Waals surface area contributed by atoms with E-state index >= 15 is 0 Å². The van der Waals surface area contributed by atoms with Crippen LogP contribution in [0, 0.1) is 0 Å². The van der Waals surface area contributed by atoms with E-state index in [1.165, 1.54) is 0 Å². The van der Waals surface area contributed by atoms with E-state index in [0.717, 1.165) is 60.3 Å². The third-order valence-corrected chi connectivity index (χ3v) is 7.54. The molecule has 0 aliphatic carbocycles. The molecule has 4 bridgehead atoms. The van der Waals surface area contributed by atoms with Crippen LogP contribution >= 0.6 is 15.9 Å². The summed E-state index contributed by atoms with van der Waals surface area (Å²) in [6, 6.07) is 29.6. The predicted molar refractivity (Wildman–Crippen MR) is 141 cm³/mol. The number of benzene rings is 2. The van der Waals surface area contributed by atoms with Crippen molar-refractivity contribution >= 4 is 44.5 Å². The number of nitrogens with zero attached hydrogens (tertiary/aromatic N) is 3. The third kappa shape index (κ3) is 2.67. The molecule has 3 aliphatic rings. The van der Waals surface area contributed by atoms with Gasteiger partial charge in [0.1, 0.15) is 0 Å². The smallest absolute Gasteiger partial charge is 0.400 e. The molecule has 0 N–H and O–H groups in total. The maximum Gasteiger partial charge on any atom is 0.557 e. The lowest BCUT2D eigenvalue weighted by molar-refractivity contribution is 0.396. The van der Waals surface area contributed by atoms with E-state index in [9.17, 15) is 0 Å². The number of hydrogen-bond acceptors (Lipinski definition) is 2. The van der Waals surface area contributed by atoms with Gasteiger partial charge in [0.25, 0.3) is 0 Å². The van der Waals surface area contributed by atoms with Crippen LogP contribution in [0.2, 0.25) is 0 Å². The molecule has 0 radical (unpaired) electrons. The summed E-state index contributed by atoms with van der Waals surface area (Å²) in [5, 5.41) is 2.16. The summed E-state index contributed by atoms with van der Waals surface area (Å²) in [5.41, 5.74) is 8.49. The van der Waals surface area contributed by atoms with Crippen molar-refractivity contribution in [3.63, 3.8) is 0 Å². The van der Waals surface area contributed by atoms with Gasteiger partial charge in [-0.25, -0.2) is 4.99 Å². The van der Waals surface area contributed by atoms with Gasteiger partial charge in [-0.2, -0.15) is 0 Å². The Hall–Kier alpha value is -3.61. The van der Waals surface area contributed by atoms with E-state index in [1.54, 1.807) is 7.11 Å². The van der Waals surface area contributed by atoms with Gasteiger partial charge in [-0.1, -0.05) is 60.7 Å². The van der Waals surface area contributed by atoms with Crippen LogP contribution in [0.15, 0.2) is 108 Å². The molecule has 0 amide bonds. The first-order valence-electron chi connectivity index (χ1n) is 11.2. The summed E-state index contributed by atoms with van der Waals surface area (Å²) in [4.78, 5) is 5.20. The largest absolute Gasteiger partial charge is 0.557 e. The van der Waals surface area contributed by atoms with Crippen molar-refractivity contribution < 1.29 is 4.65 Å². The summed E-state index contributed by atoms with van der Waals surface area (Å²) < 4.78 is 11.8. The summed E-state index contributed by atoms with van der Waals surface area (Å²) in [6.45, 7) is 0. The monoisotopic (exact) mass is 503 g/mol. The number of halogens is 1. The van der Waals surface area contributed by atoms with Crippen LogP contribution in [0.4, 0.5) is 0 Å².